The van der Waals surface area contributed by atoms with Gasteiger partial charge in [-0.1, -0.05) is 30.4 Å². The van der Waals surface area contributed by atoms with Crippen LogP contribution < -0.4 is 5.32 Å². The van der Waals surface area contributed by atoms with E-state index >= 15 is 0 Å². The molecule has 0 radical (unpaired) electrons. The third-order valence-corrected chi connectivity index (χ3v) is 6.13. The molecule has 5 rings (SSSR count). The number of hydrogen-bond acceptors (Lipinski definition) is 3. The Labute approximate surface area is 176 Å². The summed E-state index contributed by atoms with van der Waals surface area (Å²) in [7, 11) is 0. The van der Waals surface area contributed by atoms with Gasteiger partial charge in [-0.2, -0.15) is 0 Å². The summed E-state index contributed by atoms with van der Waals surface area (Å²) < 4.78 is 16.2. The highest BCUT2D eigenvalue weighted by Gasteiger charge is 2.13. The zero-order valence-corrected chi connectivity index (χ0v) is 17.0. The fourth-order valence-electron chi connectivity index (χ4n) is 3.43. The molecule has 5 aromatic rings. The SMILES string of the molecule is CCc1ccc(NC(=O)c2ccc3c(c2)sc2nc(-c4ccc(F)cc4)cn23)cc1. The van der Waals surface area contributed by atoms with Crippen molar-refractivity contribution in [2.24, 2.45) is 0 Å². The molecule has 0 aliphatic heterocycles. The minimum atomic E-state index is -0.266. The number of nitrogens with zero attached hydrogens (tertiary/aromatic N) is 2. The van der Waals surface area contributed by atoms with Crippen LogP contribution in [-0.2, 0) is 6.42 Å². The molecule has 0 spiro atoms. The Morgan fingerprint density at radius 1 is 1.07 bits per heavy atom. The Balaban J connectivity index is 1.43. The third-order valence-electron chi connectivity index (χ3n) is 5.12. The highest BCUT2D eigenvalue weighted by Crippen LogP contribution is 2.30. The highest BCUT2D eigenvalue weighted by molar-refractivity contribution is 7.23. The van der Waals surface area contributed by atoms with Gasteiger partial charge in [-0.3, -0.25) is 9.20 Å². The monoisotopic (exact) mass is 415 g/mol. The van der Waals surface area contributed by atoms with E-state index in [4.69, 9.17) is 0 Å². The van der Waals surface area contributed by atoms with Gasteiger partial charge in [0.25, 0.3) is 5.91 Å². The summed E-state index contributed by atoms with van der Waals surface area (Å²) in [5, 5.41) is 2.95. The van der Waals surface area contributed by atoms with Crippen molar-refractivity contribution in [3.05, 3.63) is 89.9 Å². The van der Waals surface area contributed by atoms with E-state index in [0.29, 0.717) is 5.56 Å². The van der Waals surface area contributed by atoms with Crippen molar-refractivity contribution in [2.45, 2.75) is 13.3 Å². The number of carbonyl (C=O) groups excluding carboxylic acids is 1. The summed E-state index contributed by atoms with van der Waals surface area (Å²) in [5.41, 5.74) is 5.26. The van der Waals surface area contributed by atoms with Crippen LogP contribution in [0.3, 0.4) is 0 Å². The maximum Gasteiger partial charge on any atom is 0.255 e. The van der Waals surface area contributed by atoms with Gasteiger partial charge in [0.1, 0.15) is 5.82 Å². The normalized spacial score (nSPS) is 11.3. The lowest BCUT2D eigenvalue weighted by Crippen LogP contribution is -2.11. The van der Waals surface area contributed by atoms with Gasteiger partial charge < -0.3 is 5.32 Å². The Kier molecular flexibility index (Phi) is 4.56. The van der Waals surface area contributed by atoms with Crippen LogP contribution >= 0.6 is 11.3 Å². The van der Waals surface area contributed by atoms with Crippen molar-refractivity contribution in [3.63, 3.8) is 0 Å². The van der Waals surface area contributed by atoms with E-state index in [-0.39, 0.29) is 11.7 Å². The molecule has 2 aromatic heterocycles. The summed E-state index contributed by atoms with van der Waals surface area (Å²) in [6.07, 6.45) is 2.91. The Morgan fingerprint density at radius 2 is 1.83 bits per heavy atom. The lowest BCUT2D eigenvalue weighted by Gasteiger charge is -2.06. The first kappa shape index (κ1) is 18.5. The van der Waals surface area contributed by atoms with E-state index in [9.17, 15) is 9.18 Å². The second-order valence-electron chi connectivity index (χ2n) is 7.07. The predicted molar refractivity (Wildman–Crippen MR) is 120 cm³/mol. The van der Waals surface area contributed by atoms with Crippen molar-refractivity contribution in [1.29, 1.82) is 0 Å². The lowest BCUT2D eigenvalue weighted by molar-refractivity contribution is 0.102. The van der Waals surface area contributed by atoms with Crippen LogP contribution in [0.5, 0.6) is 0 Å². The Morgan fingerprint density at radius 3 is 2.57 bits per heavy atom. The number of carbonyl (C=O) groups is 1. The summed E-state index contributed by atoms with van der Waals surface area (Å²) in [6, 6.07) is 19.8. The van der Waals surface area contributed by atoms with Crippen molar-refractivity contribution in [1.82, 2.24) is 9.38 Å². The smallest absolute Gasteiger partial charge is 0.255 e. The molecule has 3 aromatic carbocycles. The van der Waals surface area contributed by atoms with Crippen LogP contribution in [0.1, 0.15) is 22.8 Å². The maximum atomic E-state index is 13.2. The summed E-state index contributed by atoms with van der Waals surface area (Å²) in [5.74, 6) is -0.406. The van der Waals surface area contributed by atoms with Crippen molar-refractivity contribution in [2.75, 3.05) is 5.32 Å². The minimum absolute atomic E-state index is 0.140. The molecule has 4 nitrogen and oxygen atoms in total. The van der Waals surface area contributed by atoms with Gasteiger partial charge in [0.15, 0.2) is 4.96 Å². The summed E-state index contributed by atoms with van der Waals surface area (Å²) in [4.78, 5) is 18.2. The number of anilines is 1. The zero-order chi connectivity index (χ0) is 20.7. The maximum absolute atomic E-state index is 13.2. The van der Waals surface area contributed by atoms with E-state index < -0.39 is 0 Å². The van der Waals surface area contributed by atoms with E-state index in [1.54, 1.807) is 12.1 Å². The number of rotatable bonds is 4. The van der Waals surface area contributed by atoms with E-state index in [1.807, 2.05) is 53.1 Å². The molecule has 30 heavy (non-hydrogen) atoms. The van der Waals surface area contributed by atoms with Crippen molar-refractivity contribution >= 4 is 38.1 Å². The summed E-state index contributed by atoms with van der Waals surface area (Å²) >= 11 is 1.52. The topological polar surface area (TPSA) is 46.4 Å². The standard InChI is InChI=1S/C24H18FN3OS/c1-2-15-3-10-19(11-4-15)26-23(29)17-7-12-21-22(13-17)30-24-27-20(14-28(21)24)16-5-8-18(25)9-6-16/h3-14H,2H2,1H3,(H,26,29). The fourth-order valence-corrected chi connectivity index (χ4v) is 4.48. The number of fused-ring (bicyclic) bond motifs is 3. The molecule has 0 saturated carbocycles. The van der Waals surface area contributed by atoms with Crippen molar-refractivity contribution < 1.29 is 9.18 Å². The second kappa shape index (κ2) is 7.39. The number of thiazole rings is 1. The molecular weight excluding hydrogens is 397 g/mol. The Bertz CT molecular complexity index is 1370. The molecule has 0 unspecified atom stereocenters. The number of hydrogen-bond donors (Lipinski definition) is 1. The quantitative estimate of drug-likeness (QED) is 0.382. The highest BCUT2D eigenvalue weighted by atomic mass is 32.1. The first-order chi connectivity index (χ1) is 14.6. The van der Waals surface area contributed by atoms with Gasteiger partial charge in [-0.05, 0) is 66.6 Å². The average molecular weight is 415 g/mol. The molecule has 148 valence electrons. The van der Waals surface area contributed by atoms with Gasteiger partial charge in [-0.25, -0.2) is 9.37 Å². The van der Waals surface area contributed by atoms with Gasteiger partial charge in [-0.15, -0.1) is 0 Å². The van der Waals surface area contributed by atoms with Crippen LogP contribution in [0.25, 0.3) is 26.4 Å². The third kappa shape index (κ3) is 3.35. The van der Waals surface area contributed by atoms with Gasteiger partial charge >= 0.3 is 0 Å². The molecular formula is C24H18FN3OS. The predicted octanol–water partition coefficient (Wildman–Crippen LogP) is 6.17. The van der Waals surface area contributed by atoms with Crippen LogP contribution in [0.2, 0.25) is 0 Å². The zero-order valence-electron chi connectivity index (χ0n) is 16.2. The Hall–Kier alpha value is -3.51. The molecule has 1 amide bonds. The first-order valence-electron chi connectivity index (χ1n) is 9.68. The van der Waals surface area contributed by atoms with Crippen LogP contribution in [0, 0.1) is 5.82 Å². The molecule has 0 aliphatic carbocycles. The van der Waals surface area contributed by atoms with E-state index in [0.717, 1.165) is 38.5 Å². The van der Waals surface area contributed by atoms with Gasteiger partial charge in [0.05, 0.1) is 15.9 Å². The number of nitrogens with one attached hydrogen (secondary N) is 1. The van der Waals surface area contributed by atoms with Gasteiger partial charge in [0, 0.05) is 23.0 Å². The molecule has 0 bridgehead atoms. The van der Waals surface area contributed by atoms with Crippen LogP contribution in [0.15, 0.2) is 72.9 Å². The number of benzene rings is 3. The summed E-state index contributed by atoms with van der Waals surface area (Å²) in [6.45, 7) is 2.10. The van der Waals surface area contributed by atoms with Crippen molar-refractivity contribution in [3.8, 4) is 11.3 Å². The molecule has 0 fully saturated rings. The first-order valence-corrected chi connectivity index (χ1v) is 10.5. The molecule has 0 aliphatic rings. The van der Waals surface area contributed by atoms with E-state index in [2.05, 4.69) is 17.2 Å². The van der Waals surface area contributed by atoms with E-state index in [1.165, 1.54) is 29.0 Å². The average Bonchev–Trinajstić information content (AvgIpc) is 3.32. The number of imidazole rings is 1. The van der Waals surface area contributed by atoms with Crippen LogP contribution in [0.4, 0.5) is 10.1 Å². The molecule has 1 N–H and O–H groups in total. The number of halogens is 1. The minimum Gasteiger partial charge on any atom is -0.322 e. The molecule has 6 heteroatoms. The second-order valence-corrected chi connectivity index (χ2v) is 8.08. The molecule has 0 atom stereocenters. The number of aromatic nitrogens is 2. The molecule has 2 heterocycles. The largest absolute Gasteiger partial charge is 0.322 e. The fraction of sp³-hybridized carbons (Fsp3) is 0.0833. The number of aryl methyl sites for hydroxylation is 1. The molecule has 0 saturated heterocycles. The van der Waals surface area contributed by atoms with Gasteiger partial charge in [0.2, 0.25) is 0 Å². The number of amides is 1. The lowest BCUT2D eigenvalue weighted by atomic mass is 10.1. The van der Waals surface area contributed by atoms with Crippen LogP contribution in [-0.4, -0.2) is 15.3 Å².